The fraction of sp³-hybridized carbons (Fsp3) is 0.625. The topological polar surface area (TPSA) is 59.1 Å². The van der Waals surface area contributed by atoms with Crippen LogP contribution in [0.15, 0.2) is 5.38 Å². The van der Waals surface area contributed by atoms with Crippen molar-refractivity contribution in [3.8, 4) is 0 Å². The van der Waals surface area contributed by atoms with Gasteiger partial charge < -0.3 is 10.8 Å². The minimum Gasteiger partial charge on any atom is -0.393 e. The first-order valence-electron chi connectivity index (χ1n) is 4.01. The third-order valence-electron chi connectivity index (χ3n) is 1.58. The van der Waals surface area contributed by atoms with Gasteiger partial charge in [0.15, 0.2) is 0 Å². The van der Waals surface area contributed by atoms with Crippen LogP contribution in [0.2, 0.25) is 0 Å². The molecule has 68 valence electrons. The van der Waals surface area contributed by atoms with Crippen LogP contribution in [0.5, 0.6) is 0 Å². The molecule has 0 spiro atoms. The molecule has 1 atom stereocenters. The third kappa shape index (κ3) is 2.89. The number of aromatic nitrogens is 1. The molecule has 3 nitrogen and oxygen atoms in total. The summed E-state index contributed by atoms with van der Waals surface area (Å²) in [4.78, 5) is 4.25. The number of aliphatic hydroxyl groups excluding tert-OH is 1. The van der Waals surface area contributed by atoms with E-state index in [0.717, 1.165) is 10.7 Å². The zero-order valence-electron chi connectivity index (χ0n) is 7.16. The highest BCUT2D eigenvalue weighted by atomic mass is 32.1. The standard InChI is InChI=1S/C8H14N2OS/c1-6-5-12-8(10-6)4-7(11)2-3-9/h5,7,11H,2-4,9H2,1H3. The van der Waals surface area contributed by atoms with Gasteiger partial charge in [-0.15, -0.1) is 11.3 Å². The fourth-order valence-electron chi connectivity index (χ4n) is 0.992. The highest BCUT2D eigenvalue weighted by molar-refractivity contribution is 7.09. The summed E-state index contributed by atoms with van der Waals surface area (Å²) in [7, 11) is 0. The Morgan fingerprint density at radius 1 is 1.75 bits per heavy atom. The Kier molecular flexibility index (Phi) is 3.65. The minimum atomic E-state index is -0.333. The van der Waals surface area contributed by atoms with E-state index in [1.54, 1.807) is 11.3 Å². The number of hydrogen-bond donors (Lipinski definition) is 2. The van der Waals surface area contributed by atoms with E-state index in [1.807, 2.05) is 12.3 Å². The van der Waals surface area contributed by atoms with Gasteiger partial charge in [-0.2, -0.15) is 0 Å². The van der Waals surface area contributed by atoms with Crippen LogP contribution in [-0.4, -0.2) is 22.7 Å². The van der Waals surface area contributed by atoms with E-state index in [0.29, 0.717) is 19.4 Å². The molecule has 0 saturated carbocycles. The quantitative estimate of drug-likeness (QED) is 0.728. The number of nitrogens with zero attached hydrogens (tertiary/aromatic N) is 1. The molecule has 12 heavy (non-hydrogen) atoms. The largest absolute Gasteiger partial charge is 0.393 e. The summed E-state index contributed by atoms with van der Waals surface area (Å²) in [6, 6.07) is 0. The average Bonchev–Trinajstić information content (AvgIpc) is 2.36. The maximum absolute atomic E-state index is 9.40. The van der Waals surface area contributed by atoms with Crippen LogP contribution in [0.25, 0.3) is 0 Å². The summed E-state index contributed by atoms with van der Waals surface area (Å²) in [5.41, 5.74) is 6.33. The van der Waals surface area contributed by atoms with Crippen molar-refractivity contribution in [2.75, 3.05) is 6.54 Å². The molecule has 1 unspecified atom stereocenters. The Balaban J connectivity index is 2.41. The van der Waals surface area contributed by atoms with Gasteiger partial charge >= 0.3 is 0 Å². The molecule has 0 aliphatic rings. The average molecular weight is 186 g/mol. The molecular weight excluding hydrogens is 172 g/mol. The Morgan fingerprint density at radius 2 is 2.50 bits per heavy atom. The number of nitrogens with two attached hydrogens (primary N) is 1. The maximum atomic E-state index is 9.40. The van der Waals surface area contributed by atoms with E-state index in [1.165, 1.54) is 0 Å². The van der Waals surface area contributed by atoms with Gasteiger partial charge in [0.2, 0.25) is 0 Å². The van der Waals surface area contributed by atoms with Crippen LogP contribution in [0.1, 0.15) is 17.1 Å². The van der Waals surface area contributed by atoms with Gasteiger partial charge in [0.1, 0.15) is 0 Å². The zero-order chi connectivity index (χ0) is 8.97. The van der Waals surface area contributed by atoms with Gasteiger partial charge in [0, 0.05) is 17.5 Å². The fourth-order valence-corrected chi connectivity index (χ4v) is 1.84. The Labute approximate surface area is 76.3 Å². The second-order valence-corrected chi connectivity index (χ2v) is 3.76. The molecule has 4 heteroatoms. The normalized spacial score (nSPS) is 13.2. The van der Waals surface area contributed by atoms with Gasteiger partial charge in [0.25, 0.3) is 0 Å². The molecule has 1 aromatic rings. The van der Waals surface area contributed by atoms with Crippen LogP contribution in [0.3, 0.4) is 0 Å². The number of hydrogen-bond acceptors (Lipinski definition) is 4. The summed E-state index contributed by atoms with van der Waals surface area (Å²) < 4.78 is 0. The van der Waals surface area contributed by atoms with Crippen molar-refractivity contribution >= 4 is 11.3 Å². The molecule has 0 bridgehead atoms. The minimum absolute atomic E-state index is 0.333. The molecule has 0 radical (unpaired) electrons. The van der Waals surface area contributed by atoms with Gasteiger partial charge in [0.05, 0.1) is 11.1 Å². The summed E-state index contributed by atoms with van der Waals surface area (Å²) >= 11 is 1.59. The molecule has 0 aliphatic carbocycles. The van der Waals surface area contributed by atoms with Crippen molar-refractivity contribution in [1.29, 1.82) is 0 Å². The highest BCUT2D eigenvalue weighted by Gasteiger charge is 2.06. The van der Waals surface area contributed by atoms with Crippen molar-refractivity contribution in [3.05, 3.63) is 16.1 Å². The van der Waals surface area contributed by atoms with Gasteiger partial charge in [-0.25, -0.2) is 4.98 Å². The first kappa shape index (κ1) is 9.64. The Bertz CT molecular complexity index is 237. The smallest absolute Gasteiger partial charge is 0.0953 e. The van der Waals surface area contributed by atoms with Crippen LogP contribution in [-0.2, 0) is 6.42 Å². The van der Waals surface area contributed by atoms with E-state index in [-0.39, 0.29) is 6.10 Å². The number of aryl methyl sites for hydroxylation is 1. The summed E-state index contributed by atoms with van der Waals surface area (Å²) in [6.45, 7) is 2.49. The lowest BCUT2D eigenvalue weighted by Gasteiger charge is -2.05. The molecule has 1 aromatic heterocycles. The van der Waals surface area contributed by atoms with E-state index in [9.17, 15) is 5.11 Å². The molecule has 0 fully saturated rings. The predicted octanol–water partition coefficient (Wildman–Crippen LogP) is 0.704. The molecule has 0 saturated heterocycles. The van der Waals surface area contributed by atoms with Crippen LogP contribution >= 0.6 is 11.3 Å². The lowest BCUT2D eigenvalue weighted by molar-refractivity contribution is 0.167. The lowest BCUT2D eigenvalue weighted by atomic mass is 10.2. The maximum Gasteiger partial charge on any atom is 0.0953 e. The Hall–Kier alpha value is -0.450. The molecule has 0 amide bonds. The first-order valence-corrected chi connectivity index (χ1v) is 4.89. The second kappa shape index (κ2) is 4.54. The zero-order valence-corrected chi connectivity index (χ0v) is 7.97. The van der Waals surface area contributed by atoms with Crippen molar-refractivity contribution in [2.24, 2.45) is 5.73 Å². The van der Waals surface area contributed by atoms with Crippen molar-refractivity contribution in [2.45, 2.75) is 25.9 Å². The van der Waals surface area contributed by atoms with Crippen molar-refractivity contribution in [1.82, 2.24) is 4.98 Å². The number of rotatable bonds is 4. The van der Waals surface area contributed by atoms with E-state index in [2.05, 4.69) is 4.98 Å². The molecular formula is C8H14N2OS. The van der Waals surface area contributed by atoms with Gasteiger partial charge in [-0.05, 0) is 19.9 Å². The monoisotopic (exact) mass is 186 g/mol. The SMILES string of the molecule is Cc1csc(CC(O)CCN)n1. The molecule has 0 aliphatic heterocycles. The van der Waals surface area contributed by atoms with Crippen LogP contribution in [0, 0.1) is 6.92 Å². The molecule has 1 rings (SSSR count). The number of thiazole rings is 1. The van der Waals surface area contributed by atoms with Gasteiger partial charge in [-0.3, -0.25) is 0 Å². The third-order valence-corrected chi connectivity index (χ3v) is 2.57. The molecule has 1 heterocycles. The second-order valence-electron chi connectivity index (χ2n) is 2.82. The van der Waals surface area contributed by atoms with E-state index < -0.39 is 0 Å². The molecule has 0 aromatic carbocycles. The van der Waals surface area contributed by atoms with E-state index in [4.69, 9.17) is 5.73 Å². The predicted molar refractivity (Wildman–Crippen MR) is 50.2 cm³/mol. The Morgan fingerprint density at radius 3 is 3.00 bits per heavy atom. The van der Waals surface area contributed by atoms with Gasteiger partial charge in [-0.1, -0.05) is 0 Å². The van der Waals surface area contributed by atoms with Crippen LogP contribution < -0.4 is 5.73 Å². The molecule has 3 N–H and O–H groups in total. The highest BCUT2D eigenvalue weighted by Crippen LogP contribution is 2.11. The summed E-state index contributed by atoms with van der Waals surface area (Å²) in [5, 5.41) is 12.4. The van der Waals surface area contributed by atoms with E-state index >= 15 is 0 Å². The summed E-state index contributed by atoms with van der Waals surface area (Å²) in [6.07, 6.45) is 0.953. The summed E-state index contributed by atoms with van der Waals surface area (Å²) in [5.74, 6) is 0. The van der Waals surface area contributed by atoms with Crippen LogP contribution in [0.4, 0.5) is 0 Å². The lowest BCUT2D eigenvalue weighted by Crippen LogP contribution is -2.15. The van der Waals surface area contributed by atoms with Crippen molar-refractivity contribution in [3.63, 3.8) is 0 Å². The first-order chi connectivity index (χ1) is 5.72. The number of aliphatic hydroxyl groups is 1. The van der Waals surface area contributed by atoms with Crippen molar-refractivity contribution < 1.29 is 5.11 Å².